The van der Waals surface area contributed by atoms with E-state index in [1.807, 2.05) is 0 Å². The number of carbonyl (C=O) groups excluding carboxylic acids is 2. The van der Waals surface area contributed by atoms with Crippen molar-refractivity contribution >= 4 is 11.9 Å². The third-order valence-corrected chi connectivity index (χ3v) is 7.55. The van der Waals surface area contributed by atoms with E-state index in [-0.39, 0.29) is 17.9 Å². The number of hydrogen-bond donors (Lipinski definition) is 0. The molecule has 1 aliphatic rings. The van der Waals surface area contributed by atoms with Gasteiger partial charge in [-0.1, -0.05) is 124 Å². The summed E-state index contributed by atoms with van der Waals surface area (Å²) in [4.78, 5) is 26.7. The first-order valence-electron chi connectivity index (χ1n) is 15.7. The Morgan fingerprint density at radius 2 is 1.00 bits per heavy atom. The molecule has 0 spiro atoms. The largest absolute Gasteiger partial charge is 0.462 e. The van der Waals surface area contributed by atoms with Crippen molar-refractivity contribution in [3.8, 4) is 0 Å². The predicted molar refractivity (Wildman–Crippen MR) is 151 cm³/mol. The number of hydrogen-bond acceptors (Lipinski definition) is 4. The van der Waals surface area contributed by atoms with Gasteiger partial charge in [0.25, 0.3) is 0 Å². The van der Waals surface area contributed by atoms with Crippen molar-refractivity contribution in [2.24, 2.45) is 5.92 Å². The molecule has 0 unspecified atom stereocenters. The number of esters is 2. The second kappa shape index (κ2) is 22.8. The van der Waals surface area contributed by atoms with Crippen molar-refractivity contribution in [3.63, 3.8) is 0 Å². The Morgan fingerprint density at radius 1 is 0.556 bits per heavy atom. The average molecular weight is 507 g/mol. The third kappa shape index (κ3) is 15.1. The minimum Gasteiger partial charge on any atom is -0.462 e. The van der Waals surface area contributed by atoms with Crippen LogP contribution in [0.2, 0.25) is 0 Å². The van der Waals surface area contributed by atoms with E-state index >= 15 is 0 Å². The summed E-state index contributed by atoms with van der Waals surface area (Å²) in [6.07, 6.45) is 24.3. The first-order chi connectivity index (χ1) is 17.7. The molecule has 0 bridgehead atoms. The van der Waals surface area contributed by atoms with Gasteiger partial charge in [0, 0.05) is 5.57 Å². The lowest BCUT2D eigenvalue weighted by molar-refractivity contribution is -0.143. The van der Waals surface area contributed by atoms with Crippen LogP contribution in [0.5, 0.6) is 0 Å². The van der Waals surface area contributed by atoms with E-state index < -0.39 is 0 Å². The summed E-state index contributed by atoms with van der Waals surface area (Å²) in [5, 5.41) is 0. The predicted octanol–water partition coefficient (Wildman–Crippen LogP) is 9.64. The van der Waals surface area contributed by atoms with Gasteiger partial charge in [-0.2, -0.15) is 0 Å². The summed E-state index contributed by atoms with van der Waals surface area (Å²) >= 11 is 0. The van der Waals surface area contributed by atoms with Gasteiger partial charge in [-0.05, 0) is 44.4 Å². The standard InChI is InChI=1S/C32H58O4/c1-4-7-10-13-15-21-26-35-31(33)29(25-20-12-9-6-3)30(28-23-18-17-19-24-28)32(34)36-27-22-16-14-11-8-5-2/h28H,4-27H2,1-3H3. The van der Waals surface area contributed by atoms with Crippen molar-refractivity contribution in [2.45, 2.75) is 162 Å². The number of rotatable bonds is 22. The molecule has 1 aliphatic carbocycles. The molecule has 1 rings (SSSR count). The maximum Gasteiger partial charge on any atom is 0.334 e. The lowest BCUT2D eigenvalue weighted by atomic mass is 9.80. The molecule has 0 N–H and O–H groups in total. The number of carbonyl (C=O) groups is 2. The molecule has 0 aliphatic heterocycles. The molecule has 0 aromatic heterocycles. The summed E-state index contributed by atoms with van der Waals surface area (Å²) < 4.78 is 11.6. The van der Waals surface area contributed by atoms with Gasteiger partial charge < -0.3 is 9.47 Å². The van der Waals surface area contributed by atoms with Gasteiger partial charge in [0.15, 0.2) is 0 Å². The monoisotopic (exact) mass is 506 g/mol. The molecular formula is C32H58O4. The van der Waals surface area contributed by atoms with Gasteiger partial charge in [0.05, 0.1) is 18.8 Å². The lowest BCUT2D eigenvalue weighted by Crippen LogP contribution is -2.24. The summed E-state index contributed by atoms with van der Waals surface area (Å²) in [5.41, 5.74) is 1.28. The van der Waals surface area contributed by atoms with E-state index in [0.717, 1.165) is 77.0 Å². The lowest BCUT2D eigenvalue weighted by Gasteiger charge is -2.26. The number of unbranched alkanes of at least 4 members (excludes halogenated alkanes) is 13. The Hall–Kier alpha value is -1.32. The van der Waals surface area contributed by atoms with Crippen LogP contribution in [0, 0.1) is 5.92 Å². The zero-order chi connectivity index (χ0) is 26.3. The molecular weight excluding hydrogens is 448 g/mol. The van der Waals surface area contributed by atoms with Crippen molar-refractivity contribution < 1.29 is 19.1 Å². The molecule has 4 nitrogen and oxygen atoms in total. The molecule has 1 saturated carbocycles. The van der Waals surface area contributed by atoms with Gasteiger partial charge >= 0.3 is 11.9 Å². The van der Waals surface area contributed by atoms with E-state index in [9.17, 15) is 9.59 Å². The van der Waals surface area contributed by atoms with Crippen molar-refractivity contribution in [2.75, 3.05) is 13.2 Å². The topological polar surface area (TPSA) is 52.6 Å². The Kier molecular flexibility index (Phi) is 20.8. The van der Waals surface area contributed by atoms with Gasteiger partial charge in [0.1, 0.15) is 0 Å². The second-order valence-corrected chi connectivity index (χ2v) is 10.8. The molecule has 210 valence electrons. The molecule has 0 saturated heterocycles. The van der Waals surface area contributed by atoms with Crippen molar-refractivity contribution in [1.29, 1.82) is 0 Å². The summed E-state index contributed by atoms with van der Waals surface area (Å²) in [6.45, 7) is 7.54. The molecule has 0 amide bonds. The summed E-state index contributed by atoms with van der Waals surface area (Å²) in [5.74, 6) is -0.381. The van der Waals surface area contributed by atoms with E-state index in [1.165, 1.54) is 57.8 Å². The molecule has 0 heterocycles. The van der Waals surface area contributed by atoms with Crippen LogP contribution in [-0.4, -0.2) is 25.2 Å². The zero-order valence-electron chi connectivity index (χ0n) is 24.2. The van der Waals surface area contributed by atoms with E-state index in [4.69, 9.17) is 9.47 Å². The minimum atomic E-state index is -0.267. The third-order valence-electron chi connectivity index (χ3n) is 7.55. The van der Waals surface area contributed by atoms with Gasteiger partial charge in [0.2, 0.25) is 0 Å². The fourth-order valence-electron chi connectivity index (χ4n) is 5.26. The second-order valence-electron chi connectivity index (χ2n) is 10.8. The molecule has 1 fully saturated rings. The van der Waals surface area contributed by atoms with Gasteiger partial charge in [-0.3, -0.25) is 0 Å². The maximum absolute atomic E-state index is 13.4. The Balaban J connectivity index is 2.84. The molecule has 0 aromatic carbocycles. The fraction of sp³-hybridized carbons (Fsp3) is 0.875. The maximum atomic E-state index is 13.4. The number of ether oxygens (including phenoxy) is 2. The highest BCUT2D eigenvalue weighted by atomic mass is 16.5. The quantitative estimate of drug-likeness (QED) is 0.0833. The van der Waals surface area contributed by atoms with Gasteiger partial charge in [-0.25, -0.2) is 9.59 Å². The van der Waals surface area contributed by atoms with Crippen LogP contribution in [0.3, 0.4) is 0 Å². The normalized spacial score (nSPS) is 15.0. The van der Waals surface area contributed by atoms with Crippen LogP contribution >= 0.6 is 0 Å². The molecule has 0 aromatic rings. The molecule has 0 atom stereocenters. The van der Waals surface area contributed by atoms with Crippen LogP contribution in [-0.2, 0) is 19.1 Å². The SMILES string of the molecule is CCCCCCCCOC(=O)C(CCCCCC)=C(C(=O)OCCCCCCCC)C1CCCCC1. The average Bonchev–Trinajstić information content (AvgIpc) is 2.89. The Labute approximate surface area is 223 Å². The van der Waals surface area contributed by atoms with E-state index in [2.05, 4.69) is 20.8 Å². The zero-order valence-corrected chi connectivity index (χ0v) is 24.2. The fourth-order valence-corrected chi connectivity index (χ4v) is 5.26. The van der Waals surface area contributed by atoms with Crippen molar-refractivity contribution in [1.82, 2.24) is 0 Å². The Morgan fingerprint density at radius 3 is 1.53 bits per heavy atom. The first-order valence-corrected chi connectivity index (χ1v) is 15.7. The highest BCUT2D eigenvalue weighted by molar-refractivity contribution is 6.00. The first kappa shape index (κ1) is 32.7. The van der Waals surface area contributed by atoms with Crippen LogP contribution in [0.25, 0.3) is 0 Å². The van der Waals surface area contributed by atoms with E-state index in [0.29, 0.717) is 30.8 Å². The molecule has 0 radical (unpaired) electrons. The van der Waals surface area contributed by atoms with Crippen LogP contribution in [0.15, 0.2) is 11.1 Å². The molecule has 36 heavy (non-hydrogen) atoms. The van der Waals surface area contributed by atoms with Crippen LogP contribution in [0.4, 0.5) is 0 Å². The minimum absolute atomic E-state index is 0.138. The molecule has 4 heteroatoms. The summed E-state index contributed by atoms with van der Waals surface area (Å²) in [6, 6.07) is 0. The van der Waals surface area contributed by atoms with E-state index in [1.54, 1.807) is 0 Å². The highest BCUT2D eigenvalue weighted by Crippen LogP contribution is 2.34. The van der Waals surface area contributed by atoms with Crippen molar-refractivity contribution in [3.05, 3.63) is 11.1 Å². The van der Waals surface area contributed by atoms with Crippen LogP contribution in [0.1, 0.15) is 162 Å². The summed E-state index contributed by atoms with van der Waals surface area (Å²) in [7, 11) is 0. The van der Waals surface area contributed by atoms with Gasteiger partial charge in [-0.15, -0.1) is 0 Å². The van der Waals surface area contributed by atoms with Crippen LogP contribution < -0.4 is 0 Å². The smallest absolute Gasteiger partial charge is 0.334 e. The highest BCUT2D eigenvalue weighted by Gasteiger charge is 2.30. The Bertz CT molecular complexity index is 589.